The van der Waals surface area contributed by atoms with Gasteiger partial charge in [-0.25, -0.2) is 33.3 Å². The van der Waals surface area contributed by atoms with Gasteiger partial charge in [-0.3, -0.25) is 9.32 Å². The third-order valence-corrected chi connectivity index (χ3v) is 20.5. The molecule has 456 valence electrons. The van der Waals surface area contributed by atoms with Gasteiger partial charge in [-0.05, 0) is 153 Å². The highest BCUT2D eigenvalue weighted by Crippen LogP contribution is 2.66. The molecule has 3 aromatic carbocycles. The zero-order valence-corrected chi connectivity index (χ0v) is 50.1. The molecule has 27 heteroatoms. The number of hydrogen-bond acceptors (Lipinski definition) is 16. The first kappa shape index (κ1) is 61.1. The van der Waals surface area contributed by atoms with Gasteiger partial charge in [0.2, 0.25) is 0 Å². The Morgan fingerprint density at radius 2 is 1.66 bits per heavy atom. The largest absolute Gasteiger partial charge is 0.490 e. The van der Waals surface area contributed by atoms with Gasteiger partial charge in [0.15, 0.2) is 0 Å². The molecule has 86 heavy (non-hydrogen) atoms. The Morgan fingerprint density at radius 1 is 0.907 bits per heavy atom. The van der Waals surface area contributed by atoms with Crippen LogP contribution in [-0.2, 0) is 66.7 Å². The number of ether oxygens (including phenoxy) is 4. The highest BCUT2D eigenvalue weighted by molar-refractivity contribution is 7.66. The molecule has 2 amide bonds. The Balaban J connectivity index is 0.743. The molecule has 6 aliphatic rings. The lowest BCUT2D eigenvalue weighted by Crippen LogP contribution is -2.33. The van der Waals surface area contributed by atoms with E-state index in [1.807, 2.05) is 13.8 Å². The van der Waals surface area contributed by atoms with E-state index in [-0.39, 0.29) is 55.7 Å². The number of carboxylic acids is 1. The predicted molar refractivity (Wildman–Crippen MR) is 312 cm³/mol. The number of benzene rings is 3. The van der Waals surface area contributed by atoms with Crippen LogP contribution in [0.1, 0.15) is 155 Å². The highest BCUT2D eigenvalue weighted by Gasteiger charge is 2.44. The van der Waals surface area contributed by atoms with Gasteiger partial charge >= 0.3 is 35.5 Å². The van der Waals surface area contributed by atoms with Crippen molar-refractivity contribution in [2.75, 3.05) is 38.6 Å². The average Bonchev–Trinajstić information content (AvgIpc) is 0.902. The summed E-state index contributed by atoms with van der Waals surface area (Å²) >= 11 is 0. The number of nitrogens with one attached hydrogen (secondary N) is 2. The van der Waals surface area contributed by atoms with Crippen LogP contribution in [0.5, 0.6) is 11.5 Å². The number of alkyl carbamates (subject to hydrolysis) is 1. The minimum Gasteiger partial charge on any atom is -0.478 e. The van der Waals surface area contributed by atoms with Crippen LogP contribution < -0.4 is 31.5 Å². The summed E-state index contributed by atoms with van der Waals surface area (Å²) < 4.78 is 74.3. The number of phosphoric ester groups is 1. The van der Waals surface area contributed by atoms with E-state index in [2.05, 4.69) is 59.8 Å². The van der Waals surface area contributed by atoms with Crippen LogP contribution in [0.25, 0.3) is 22.2 Å². The standard InChI is InChI=1S/C59H67N6O18P3/c1-4-24-77-45-28-47(80-46(45)30-79-85(73,74)83-86(75,76)82-84(70,71)72)65-29-38(50-54(60)63-32-64-55(50)65)16-9-22-62-58(69)78-31-59(2,3)21-23-61-56(66)37-19-20-39(57(67)68)42(27-37)51-43-25-35-14-5-10-33-12-7-17-40(48(33)35)52(43)81-53-41-18-8-13-34-11-6-15-36(49(34)41)26-44(51)53/h4,19-20,25-27,29,32-33,45-47H,1,5-8,10-15,17-18,21-24,28,30-31H2,2-3H3,(H,61,66)(H,62,69)(H,67,68)(H,73,74)(H,75,76)(H2,60,63,64)(H2,70,71,72)/t33?,45-,46-,47-/m1/s1. The molecule has 2 aliphatic heterocycles. The van der Waals surface area contributed by atoms with Crippen LogP contribution in [0.3, 0.4) is 0 Å². The normalized spacial score (nSPS) is 20.8. The molecule has 0 spiro atoms. The van der Waals surface area contributed by atoms with Crippen molar-refractivity contribution in [3.63, 3.8) is 0 Å². The van der Waals surface area contributed by atoms with E-state index < -0.39 is 66.0 Å². The molecule has 2 aromatic heterocycles. The number of carbonyl (C=O) groups is 3. The molecular formula is C59H67N6O18P3. The summed E-state index contributed by atoms with van der Waals surface area (Å²) in [7, 11) is -16.9. The lowest BCUT2D eigenvalue weighted by molar-refractivity contribution is -0.0549. The lowest BCUT2D eigenvalue weighted by atomic mass is 9.71. The highest BCUT2D eigenvalue weighted by atomic mass is 31.3. The van der Waals surface area contributed by atoms with Crippen molar-refractivity contribution < 1.29 is 84.9 Å². The van der Waals surface area contributed by atoms with E-state index in [0.717, 1.165) is 105 Å². The summed E-state index contributed by atoms with van der Waals surface area (Å²) in [5, 5.41) is 19.1. The van der Waals surface area contributed by atoms with Gasteiger partial charge in [0.25, 0.3) is 5.91 Å². The number of aryl methyl sites for hydroxylation is 2. The van der Waals surface area contributed by atoms with Crippen molar-refractivity contribution in [3.8, 4) is 23.3 Å². The van der Waals surface area contributed by atoms with Crippen LogP contribution >= 0.6 is 23.5 Å². The molecule has 24 nitrogen and oxygen atoms in total. The first-order valence-electron chi connectivity index (χ1n) is 28.6. The van der Waals surface area contributed by atoms with E-state index in [9.17, 15) is 43.0 Å². The Hall–Kier alpha value is -6.54. The number of phosphoric acid groups is 3. The van der Waals surface area contributed by atoms with E-state index in [0.29, 0.717) is 34.4 Å². The molecule has 4 aliphatic carbocycles. The fourth-order valence-corrected chi connectivity index (χ4v) is 16.0. The van der Waals surface area contributed by atoms with Crippen molar-refractivity contribution >= 4 is 69.4 Å². The molecule has 11 rings (SSSR count). The number of aromatic carboxylic acids is 1. The molecule has 0 saturated carbocycles. The summed E-state index contributed by atoms with van der Waals surface area (Å²) in [5.74, 6) is 6.58. The second-order valence-corrected chi connectivity index (χ2v) is 27.5. The Bertz CT molecular complexity index is 3950. The van der Waals surface area contributed by atoms with Crippen LogP contribution in [0.15, 0.2) is 55.5 Å². The molecule has 3 unspecified atom stereocenters. The molecule has 0 bridgehead atoms. The number of anilines is 1. The second-order valence-electron chi connectivity index (χ2n) is 23.1. The number of nitrogens with two attached hydrogens (primary N) is 1. The van der Waals surface area contributed by atoms with E-state index in [4.69, 9.17) is 39.0 Å². The zero-order chi connectivity index (χ0) is 60.9. The maximum atomic E-state index is 14.2. The van der Waals surface area contributed by atoms with Crippen molar-refractivity contribution in [2.24, 2.45) is 5.41 Å². The monoisotopic (exact) mass is 1240 g/mol. The van der Waals surface area contributed by atoms with Crippen molar-refractivity contribution in [3.05, 3.63) is 122 Å². The second kappa shape index (κ2) is 24.6. The fourth-order valence-electron chi connectivity index (χ4n) is 13.0. The number of fused-ring (bicyclic) bond motifs is 5. The Labute approximate surface area is 494 Å². The number of nitrogens with zero attached hydrogens (tertiary/aromatic N) is 3. The smallest absolute Gasteiger partial charge is 0.478 e. The molecule has 0 radical (unpaired) electrons. The van der Waals surface area contributed by atoms with Gasteiger partial charge in [-0.2, -0.15) is 8.62 Å². The third kappa shape index (κ3) is 13.0. The maximum Gasteiger partial charge on any atom is 0.490 e. The molecule has 9 N–H and O–H groups in total. The number of carbonyl (C=O) groups excluding carboxylic acids is 2. The number of carboxylic acid groups (broad SMARTS) is 1. The number of rotatable bonds is 20. The minimum atomic E-state index is -5.77. The van der Waals surface area contributed by atoms with Crippen molar-refractivity contribution in [1.82, 2.24) is 25.2 Å². The molecule has 5 aromatic rings. The quantitative estimate of drug-likeness (QED) is 0.0205. The van der Waals surface area contributed by atoms with Crippen LogP contribution in [0.4, 0.5) is 10.6 Å². The summed E-state index contributed by atoms with van der Waals surface area (Å²) in [4.78, 5) is 86.3. The van der Waals surface area contributed by atoms with Gasteiger partial charge in [0.05, 0.1) is 49.0 Å². The van der Waals surface area contributed by atoms with Crippen LogP contribution in [0.2, 0.25) is 0 Å². The minimum absolute atomic E-state index is 0.0117. The number of hydrogen-bond donors (Lipinski definition) is 8. The average molecular weight is 1240 g/mol. The molecule has 4 heterocycles. The number of nitrogen functional groups attached to an aromatic ring is 1. The maximum absolute atomic E-state index is 14.2. The van der Waals surface area contributed by atoms with E-state index in [1.165, 1.54) is 57.1 Å². The van der Waals surface area contributed by atoms with Gasteiger partial charge < -0.3 is 64.6 Å². The first-order valence-corrected chi connectivity index (χ1v) is 33.1. The SMILES string of the molecule is C=CCO[C@@H]1C[C@H](n2cc(C#CCNC(=O)OCC(C)(C)CCNC(=O)c3ccc(C(=O)O)c(C4=c5cc6c7c(c5Oc5c4cc4c8c5CCCC8CCC4)CCCC=7CCC6)c3)c3c(N)ncnc32)O[C@@H]1COP(=O)(O)OP(=O)(O)OP(=O)(O)O. The lowest BCUT2D eigenvalue weighted by Gasteiger charge is -2.36. The van der Waals surface area contributed by atoms with Crippen LogP contribution in [0, 0.1) is 17.3 Å². The summed E-state index contributed by atoms with van der Waals surface area (Å²) in [6.07, 6.45) is 13.5. The number of amides is 2. The van der Waals surface area contributed by atoms with E-state index in [1.54, 1.807) is 22.9 Å². The van der Waals surface area contributed by atoms with Crippen molar-refractivity contribution in [2.45, 2.75) is 128 Å². The Morgan fingerprint density at radius 3 is 2.43 bits per heavy atom. The first-order chi connectivity index (χ1) is 41.0. The third-order valence-electron chi connectivity index (χ3n) is 16.7. The summed E-state index contributed by atoms with van der Waals surface area (Å²) in [6.45, 7) is 6.69. The predicted octanol–water partition coefficient (Wildman–Crippen LogP) is 7.77. The van der Waals surface area contributed by atoms with Crippen molar-refractivity contribution in [1.29, 1.82) is 0 Å². The van der Waals surface area contributed by atoms with E-state index >= 15 is 0 Å². The van der Waals surface area contributed by atoms with Crippen LogP contribution in [-0.4, -0.2) is 102 Å². The molecule has 1 saturated heterocycles. The topological polar surface area (TPSA) is 349 Å². The fraction of sp³-hybridized carbons (Fsp3) is 0.441. The van der Waals surface area contributed by atoms with Gasteiger partial charge in [-0.15, -0.1) is 6.58 Å². The summed E-state index contributed by atoms with van der Waals surface area (Å²) in [6, 6.07) is 9.31. The Kier molecular flexibility index (Phi) is 17.5. The van der Waals surface area contributed by atoms with Gasteiger partial charge in [-0.1, -0.05) is 37.3 Å². The number of aromatic nitrogens is 3. The zero-order valence-electron chi connectivity index (χ0n) is 47.4. The van der Waals surface area contributed by atoms with Gasteiger partial charge in [0, 0.05) is 52.1 Å². The van der Waals surface area contributed by atoms with Gasteiger partial charge in [0.1, 0.15) is 41.6 Å². The molecule has 1 fully saturated rings. The summed E-state index contributed by atoms with van der Waals surface area (Å²) in [5.41, 5.74) is 16.8. The molecule has 6 atom stereocenters. The molecular weight excluding hydrogens is 1170 g/mol.